The van der Waals surface area contributed by atoms with Crippen LogP contribution in [0.15, 0.2) is 0 Å². The van der Waals surface area contributed by atoms with Gasteiger partial charge in [-0.05, 0) is 25.8 Å². The molecule has 2 rings (SSSR count). The Labute approximate surface area is 91.0 Å². The SMILES string of the molecule is COCCN1CCC[C@]2(CCNC2)C1=O. The molecule has 2 saturated heterocycles. The molecule has 2 aliphatic rings. The summed E-state index contributed by atoms with van der Waals surface area (Å²) in [6.45, 7) is 4.16. The zero-order valence-corrected chi connectivity index (χ0v) is 9.42. The summed E-state index contributed by atoms with van der Waals surface area (Å²) in [5.41, 5.74) is -0.0774. The van der Waals surface area contributed by atoms with Crippen LogP contribution in [0.4, 0.5) is 0 Å². The first-order valence-corrected chi connectivity index (χ1v) is 5.77. The van der Waals surface area contributed by atoms with Crippen molar-refractivity contribution in [2.24, 2.45) is 5.41 Å². The molecule has 0 saturated carbocycles. The molecule has 4 heteroatoms. The van der Waals surface area contributed by atoms with Crippen molar-refractivity contribution in [3.8, 4) is 0 Å². The Kier molecular flexibility index (Phi) is 3.26. The van der Waals surface area contributed by atoms with E-state index in [4.69, 9.17) is 4.74 Å². The first-order chi connectivity index (χ1) is 7.28. The maximum atomic E-state index is 12.3. The van der Waals surface area contributed by atoms with Crippen molar-refractivity contribution in [1.29, 1.82) is 0 Å². The highest BCUT2D eigenvalue weighted by molar-refractivity contribution is 5.84. The van der Waals surface area contributed by atoms with Gasteiger partial charge in [0.1, 0.15) is 0 Å². The lowest BCUT2D eigenvalue weighted by Crippen LogP contribution is -2.50. The second kappa shape index (κ2) is 4.49. The van der Waals surface area contributed by atoms with Crippen LogP contribution < -0.4 is 5.32 Å². The molecule has 0 aromatic heterocycles. The summed E-state index contributed by atoms with van der Waals surface area (Å²) in [6, 6.07) is 0. The summed E-state index contributed by atoms with van der Waals surface area (Å²) in [6.07, 6.45) is 3.20. The number of nitrogens with zero attached hydrogens (tertiary/aromatic N) is 1. The third-order valence-corrected chi connectivity index (χ3v) is 3.63. The second-order valence-electron chi connectivity index (χ2n) is 4.60. The molecule has 0 bridgehead atoms. The summed E-state index contributed by atoms with van der Waals surface area (Å²) >= 11 is 0. The Hall–Kier alpha value is -0.610. The van der Waals surface area contributed by atoms with Crippen LogP contribution in [0, 0.1) is 5.41 Å². The average Bonchev–Trinajstić information content (AvgIpc) is 2.70. The van der Waals surface area contributed by atoms with Gasteiger partial charge < -0.3 is 15.0 Å². The van der Waals surface area contributed by atoms with Crippen LogP contribution in [0.25, 0.3) is 0 Å². The minimum atomic E-state index is -0.0774. The second-order valence-corrected chi connectivity index (χ2v) is 4.60. The van der Waals surface area contributed by atoms with Gasteiger partial charge in [0.15, 0.2) is 0 Å². The number of nitrogens with one attached hydrogen (secondary N) is 1. The summed E-state index contributed by atoms with van der Waals surface area (Å²) in [7, 11) is 1.68. The molecule has 86 valence electrons. The van der Waals surface area contributed by atoms with Gasteiger partial charge in [-0.25, -0.2) is 0 Å². The molecule has 0 aromatic carbocycles. The monoisotopic (exact) mass is 212 g/mol. The maximum absolute atomic E-state index is 12.3. The van der Waals surface area contributed by atoms with Crippen LogP contribution in [0.3, 0.4) is 0 Å². The van der Waals surface area contributed by atoms with E-state index in [2.05, 4.69) is 5.32 Å². The van der Waals surface area contributed by atoms with E-state index in [0.29, 0.717) is 12.5 Å². The third kappa shape index (κ3) is 2.01. The Morgan fingerprint density at radius 1 is 1.53 bits per heavy atom. The van der Waals surface area contributed by atoms with Crippen molar-refractivity contribution in [2.75, 3.05) is 39.9 Å². The molecule has 1 atom stereocenters. The van der Waals surface area contributed by atoms with Crippen molar-refractivity contribution >= 4 is 5.91 Å². The minimum Gasteiger partial charge on any atom is -0.383 e. The van der Waals surface area contributed by atoms with E-state index in [0.717, 1.165) is 45.4 Å². The fourth-order valence-corrected chi connectivity index (χ4v) is 2.71. The summed E-state index contributed by atoms with van der Waals surface area (Å²) in [4.78, 5) is 14.3. The minimum absolute atomic E-state index is 0.0774. The van der Waals surface area contributed by atoms with Gasteiger partial charge in [-0.1, -0.05) is 0 Å². The number of hydrogen-bond acceptors (Lipinski definition) is 3. The number of piperidine rings is 1. The topological polar surface area (TPSA) is 41.6 Å². The van der Waals surface area contributed by atoms with Crippen LogP contribution in [-0.4, -0.2) is 50.7 Å². The molecule has 1 spiro atoms. The molecule has 1 N–H and O–H groups in total. The molecule has 2 aliphatic heterocycles. The number of hydrogen-bond donors (Lipinski definition) is 1. The quantitative estimate of drug-likeness (QED) is 0.728. The molecule has 1 amide bonds. The van der Waals surface area contributed by atoms with Crippen LogP contribution in [0.1, 0.15) is 19.3 Å². The number of carbonyl (C=O) groups excluding carboxylic acids is 1. The van der Waals surface area contributed by atoms with E-state index < -0.39 is 0 Å². The number of rotatable bonds is 3. The van der Waals surface area contributed by atoms with Crippen molar-refractivity contribution in [1.82, 2.24) is 10.2 Å². The largest absolute Gasteiger partial charge is 0.383 e. The van der Waals surface area contributed by atoms with Gasteiger partial charge in [-0.15, -0.1) is 0 Å². The number of carbonyl (C=O) groups is 1. The highest BCUT2D eigenvalue weighted by atomic mass is 16.5. The zero-order chi connectivity index (χ0) is 10.7. The molecule has 2 heterocycles. The molecular formula is C11H20N2O2. The van der Waals surface area contributed by atoms with Gasteiger partial charge in [0.05, 0.1) is 12.0 Å². The predicted molar refractivity (Wildman–Crippen MR) is 57.6 cm³/mol. The maximum Gasteiger partial charge on any atom is 0.230 e. The predicted octanol–water partition coefficient (Wildman–Crippen LogP) is 0.235. The summed E-state index contributed by atoms with van der Waals surface area (Å²) < 4.78 is 5.03. The van der Waals surface area contributed by atoms with E-state index in [1.54, 1.807) is 7.11 Å². The van der Waals surface area contributed by atoms with Gasteiger partial charge in [0.25, 0.3) is 0 Å². The van der Waals surface area contributed by atoms with E-state index in [-0.39, 0.29) is 5.41 Å². The Bertz CT molecular complexity index is 237. The summed E-state index contributed by atoms with van der Waals surface area (Å²) in [5, 5.41) is 3.31. The molecule has 0 radical (unpaired) electrons. The van der Waals surface area contributed by atoms with E-state index in [9.17, 15) is 4.79 Å². The fraction of sp³-hybridized carbons (Fsp3) is 0.909. The van der Waals surface area contributed by atoms with Gasteiger partial charge >= 0.3 is 0 Å². The van der Waals surface area contributed by atoms with E-state index >= 15 is 0 Å². The molecule has 0 aromatic rings. The highest BCUT2D eigenvalue weighted by Crippen LogP contribution is 2.36. The first-order valence-electron chi connectivity index (χ1n) is 5.77. The lowest BCUT2D eigenvalue weighted by atomic mass is 9.78. The van der Waals surface area contributed by atoms with Gasteiger partial charge in [-0.3, -0.25) is 4.79 Å². The lowest BCUT2D eigenvalue weighted by molar-refractivity contribution is -0.145. The lowest BCUT2D eigenvalue weighted by Gasteiger charge is -2.38. The van der Waals surface area contributed by atoms with Gasteiger partial charge in [-0.2, -0.15) is 0 Å². The van der Waals surface area contributed by atoms with Crippen LogP contribution in [-0.2, 0) is 9.53 Å². The van der Waals surface area contributed by atoms with Gasteiger partial charge in [0, 0.05) is 26.7 Å². The number of likely N-dealkylation sites (tertiary alicyclic amines) is 1. The number of ether oxygens (including phenoxy) is 1. The van der Waals surface area contributed by atoms with Crippen molar-refractivity contribution in [3.05, 3.63) is 0 Å². The van der Waals surface area contributed by atoms with E-state index in [1.807, 2.05) is 4.90 Å². The average molecular weight is 212 g/mol. The zero-order valence-electron chi connectivity index (χ0n) is 9.42. The van der Waals surface area contributed by atoms with Crippen molar-refractivity contribution in [3.63, 3.8) is 0 Å². The molecule has 15 heavy (non-hydrogen) atoms. The van der Waals surface area contributed by atoms with Crippen LogP contribution in [0.2, 0.25) is 0 Å². The van der Waals surface area contributed by atoms with Crippen molar-refractivity contribution in [2.45, 2.75) is 19.3 Å². The Morgan fingerprint density at radius 3 is 3.07 bits per heavy atom. The molecule has 2 fully saturated rings. The molecule has 4 nitrogen and oxygen atoms in total. The molecule has 0 unspecified atom stereocenters. The van der Waals surface area contributed by atoms with E-state index in [1.165, 1.54) is 0 Å². The standard InChI is InChI=1S/C11H20N2O2/c1-15-8-7-13-6-2-3-11(10(13)14)4-5-12-9-11/h12H,2-9H2,1H3/t11-/m1/s1. The first kappa shape index (κ1) is 10.9. The number of amides is 1. The normalized spacial score (nSPS) is 31.5. The Morgan fingerprint density at radius 2 is 2.40 bits per heavy atom. The highest BCUT2D eigenvalue weighted by Gasteiger charge is 2.45. The van der Waals surface area contributed by atoms with Crippen LogP contribution in [0.5, 0.6) is 0 Å². The Balaban J connectivity index is 2.00. The van der Waals surface area contributed by atoms with Crippen molar-refractivity contribution < 1.29 is 9.53 Å². The third-order valence-electron chi connectivity index (χ3n) is 3.63. The fourth-order valence-electron chi connectivity index (χ4n) is 2.71. The van der Waals surface area contributed by atoms with Crippen LogP contribution >= 0.6 is 0 Å². The molecule has 0 aliphatic carbocycles. The van der Waals surface area contributed by atoms with Gasteiger partial charge in [0.2, 0.25) is 5.91 Å². The number of methoxy groups -OCH3 is 1. The molecular weight excluding hydrogens is 192 g/mol. The smallest absolute Gasteiger partial charge is 0.230 e. The summed E-state index contributed by atoms with van der Waals surface area (Å²) in [5.74, 6) is 0.343.